The largest absolute Gasteiger partial charge is 0.454 e. The molecule has 0 atom stereocenters. The number of benzene rings is 9. The van der Waals surface area contributed by atoms with Gasteiger partial charge >= 0.3 is 0 Å². The highest BCUT2D eigenvalue weighted by molar-refractivity contribution is 6.19. The van der Waals surface area contributed by atoms with E-state index >= 15 is 0 Å². The topological polar surface area (TPSA) is 16.4 Å². The molecule has 0 saturated heterocycles. The van der Waals surface area contributed by atoms with Gasteiger partial charge in [-0.1, -0.05) is 170 Å². The molecule has 10 aromatic rings. The van der Waals surface area contributed by atoms with Gasteiger partial charge in [0.1, 0.15) is 5.58 Å². The van der Waals surface area contributed by atoms with Crippen LogP contribution in [0.2, 0.25) is 0 Å². The first-order valence-corrected chi connectivity index (χ1v) is 18.4. The second-order valence-corrected chi connectivity index (χ2v) is 13.7. The lowest BCUT2D eigenvalue weighted by atomic mass is 9.95. The molecule has 0 bridgehead atoms. The second-order valence-electron chi connectivity index (χ2n) is 13.7. The van der Waals surface area contributed by atoms with Crippen LogP contribution in [0.5, 0.6) is 0 Å². The van der Waals surface area contributed by atoms with E-state index < -0.39 is 0 Å². The lowest BCUT2D eigenvalue weighted by molar-refractivity contribution is 0.669. The molecule has 254 valence electrons. The summed E-state index contributed by atoms with van der Waals surface area (Å²) >= 11 is 0. The van der Waals surface area contributed by atoms with Gasteiger partial charge in [0.2, 0.25) is 0 Å². The van der Waals surface area contributed by atoms with Crippen LogP contribution in [-0.4, -0.2) is 0 Å². The van der Waals surface area contributed by atoms with Gasteiger partial charge in [-0.3, -0.25) is 0 Å². The van der Waals surface area contributed by atoms with Gasteiger partial charge in [0.05, 0.1) is 5.69 Å². The number of fused-ring (bicyclic) bond motifs is 4. The van der Waals surface area contributed by atoms with E-state index in [9.17, 15) is 0 Å². The average molecular weight is 690 g/mol. The Balaban J connectivity index is 1.18. The van der Waals surface area contributed by atoms with Crippen molar-refractivity contribution in [3.63, 3.8) is 0 Å². The monoisotopic (exact) mass is 689 g/mol. The predicted molar refractivity (Wildman–Crippen MR) is 228 cm³/mol. The molecule has 2 heteroatoms. The molecular weight excluding hydrogens is 655 g/mol. The van der Waals surface area contributed by atoms with Crippen LogP contribution in [0.4, 0.5) is 17.1 Å². The van der Waals surface area contributed by atoms with Crippen LogP contribution in [0.1, 0.15) is 0 Å². The SMILES string of the molecule is c1ccc(-c2ccc(-c3ccc(N(c4ccc(-c5ccccc5)cc4)c4ccc(-c5ccccc5)cc4)c4oc5cc6ccccc6cc5c34)cc2)cc1. The lowest BCUT2D eigenvalue weighted by Crippen LogP contribution is -2.10. The van der Waals surface area contributed by atoms with E-state index in [1.54, 1.807) is 0 Å². The van der Waals surface area contributed by atoms with Crippen molar-refractivity contribution in [2.45, 2.75) is 0 Å². The fourth-order valence-corrected chi connectivity index (χ4v) is 7.74. The fourth-order valence-electron chi connectivity index (χ4n) is 7.74. The van der Waals surface area contributed by atoms with Crippen LogP contribution in [0.25, 0.3) is 77.2 Å². The minimum atomic E-state index is 0.851. The third kappa shape index (κ3) is 5.71. The van der Waals surface area contributed by atoms with Crippen LogP contribution >= 0.6 is 0 Å². The maximum Gasteiger partial charge on any atom is 0.160 e. The van der Waals surface area contributed by atoms with Gasteiger partial charge in [0.25, 0.3) is 0 Å². The van der Waals surface area contributed by atoms with Crippen LogP contribution in [0.3, 0.4) is 0 Å². The van der Waals surface area contributed by atoms with Gasteiger partial charge in [-0.05, 0) is 97.7 Å². The van der Waals surface area contributed by atoms with Gasteiger partial charge in [-0.25, -0.2) is 0 Å². The Morgan fingerprint density at radius 1 is 0.333 bits per heavy atom. The van der Waals surface area contributed by atoms with E-state index in [1.807, 2.05) is 0 Å². The number of nitrogens with zero attached hydrogens (tertiary/aromatic N) is 1. The van der Waals surface area contributed by atoms with Gasteiger partial charge in [0.15, 0.2) is 5.58 Å². The summed E-state index contributed by atoms with van der Waals surface area (Å²) in [6.07, 6.45) is 0. The zero-order valence-electron chi connectivity index (χ0n) is 29.6. The highest BCUT2D eigenvalue weighted by Gasteiger charge is 2.23. The number of furan rings is 1. The smallest absolute Gasteiger partial charge is 0.160 e. The Hall–Kier alpha value is -7.16. The van der Waals surface area contributed by atoms with Crippen molar-refractivity contribution < 1.29 is 4.42 Å². The van der Waals surface area contributed by atoms with Crippen LogP contribution in [0.15, 0.2) is 217 Å². The molecule has 0 aliphatic heterocycles. The molecule has 0 unspecified atom stereocenters. The standard InChI is InChI=1S/C52H35NO/c1-4-12-36(13-5-1)39-20-22-42(23-21-39)47-32-33-49(52-51(47)48-34-43-18-10-11-19-44(43)35-50(48)54-52)53(45-28-24-40(25-29-45)37-14-6-2-7-15-37)46-30-26-41(27-31-46)38-16-8-3-9-17-38/h1-35H. The first kappa shape index (κ1) is 31.6. The molecule has 2 nitrogen and oxygen atoms in total. The van der Waals surface area contributed by atoms with Crippen molar-refractivity contribution in [2.24, 2.45) is 0 Å². The first-order valence-electron chi connectivity index (χ1n) is 18.4. The molecule has 9 aromatic carbocycles. The van der Waals surface area contributed by atoms with E-state index in [0.29, 0.717) is 0 Å². The Kier molecular flexibility index (Phi) is 7.85. The molecule has 0 amide bonds. The molecule has 0 N–H and O–H groups in total. The minimum Gasteiger partial charge on any atom is -0.454 e. The molecule has 0 aliphatic rings. The summed E-state index contributed by atoms with van der Waals surface area (Å²) in [5, 5.41) is 4.55. The third-order valence-electron chi connectivity index (χ3n) is 10.5. The Morgan fingerprint density at radius 3 is 1.24 bits per heavy atom. The predicted octanol–water partition coefficient (Wildman–Crippen LogP) is 14.9. The minimum absolute atomic E-state index is 0.851. The molecule has 10 rings (SSSR count). The summed E-state index contributed by atoms with van der Waals surface area (Å²) in [6.45, 7) is 0. The van der Waals surface area contributed by atoms with Crippen LogP contribution in [-0.2, 0) is 0 Å². The lowest BCUT2D eigenvalue weighted by Gasteiger charge is -2.26. The molecule has 0 aliphatic carbocycles. The maximum atomic E-state index is 7.02. The summed E-state index contributed by atoms with van der Waals surface area (Å²) in [4.78, 5) is 2.33. The normalized spacial score (nSPS) is 11.3. The summed E-state index contributed by atoms with van der Waals surface area (Å²) in [6, 6.07) is 75.7. The summed E-state index contributed by atoms with van der Waals surface area (Å²) < 4.78 is 7.02. The molecule has 54 heavy (non-hydrogen) atoms. The zero-order chi connectivity index (χ0) is 35.8. The molecule has 1 aromatic heterocycles. The van der Waals surface area contributed by atoms with E-state index in [4.69, 9.17) is 4.42 Å². The molecule has 0 fully saturated rings. The molecule has 0 radical (unpaired) electrons. The first-order chi connectivity index (χ1) is 26.8. The average Bonchev–Trinajstić information content (AvgIpc) is 3.63. The van der Waals surface area contributed by atoms with E-state index in [2.05, 4.69) is 217 Å². The van der Waals surface area contributed by atoms with Crippen molar-refractivity contribution in [1.29, 1.82) is 0 Å². The molecule has 1 heterocycles. The highest BCUT2D eigenvalue weighted by Crippen LogP contribution is 2.47. The van der Waals surface area contributed by atoms with Gasteiger partial charge in [0, 0.05) is 22.1 Å². The quantitative estimate of drug-likeness (QED) is 0.166. The summed E-state index contributed by atoms with van der Waals surface area (Å²) in [5.74, 6) is 0. The molecule has 0 saturated carbocycles. The third-order valence-corrected chi connectivity index (χ3v) is 10.5. The van der Waals surface area contributed by atoms with Crippen molar-refractivity contribution in [2.75, 3.05) is 4.90 Å². The van der Waals surface area contributed by atoms with Crippen molar-refractivity contribution >= 4 is 49.8 Å². The van der Waals surface area contributed by atoms with Crippen molar-refractivity contribution in [3.8, 4) is 44.5 Å². The Morgan fingerprint density at radius 2 is 0.741 bits per heavy atom. The second kappa shape index (κ2) is 13.4. The van der Waals surface area contributed by atoms with Crippen LogP contribution < -0.4 is 4.90 Å². The molecular formula is C52H35NO. The zero-order valence-corrected chi connectivity index (χ0v) is 29.6. The van der Waals surface area contributed by atoms with Gasteiger partial charge in [-0.2, -0.15) is 0 Å². The maximum absolute atomic E-state index is 7.02. The number of rotatable bonds is 7. The highest BCUT2D eigenvalue weighted by atomic mass is 16.3. The van der Waals surface area contributed by atoms with E-state index in [-0.39, 0.29) is 0 Å². The Bertz CT molecular complexity index is 2790. The number of hydrogen-bond donors (Lipinski definition) is 0. The van der Waals surface area contributed by atoms with Crippen LogP contribution in [0, 0.1) is 0 Å². The van der Waals surface area contributed by atoms with E-state index in [0.717, 1.165) is 55.5 Å². The molecule has 0 spiro atoms. The number of hydrogen-bond acceptors (Lipinski definition) is 2. The summed E-state index contributed by atoms with van der Waals surface area (Å²) in [7, 11) is 0. The van der Waals surface area contributed by atoms with Crippen molar-refractivity contribution in [3.05, 3.63) is 212 Å². The Labute approximate surface area is 314 Å². The van der Waals surface area contributed by atoms with Gasteiger partial charge < -0.3 is 9.32 Å². The van der Waals surface area contributed by atoms with E-state index in [1.165, 1.54) is 38.8 Å². The summed E-state index contributed by atoms with van der Waals surface area (Å²) in [5.41, 5.74) is 14.2. The van der Waals surface area contributed by atoms with Gasteiger partial charge in [-0.15, -0.1) is 0 Å². The van der Waals surface area contributed by atoms with Crippen molar-refractivity contribution in [1.82, 2.24) is 0 Å². The number of anilines is 3. The fraction of sp³-hybridized carbons (Fsp3) is 0.